The topological polar surface area (TPSA) is 109 Å². The summed E-state index contributed by atoms with van der Waals surface area (Å²) >= 11 is 0. The molecular formula is C23H26N4O3. The maximum atomic E-state index is 12.7. The Labute approximate surface area is 175 Å². The quantitative estimate of drug-likeness (QED) is 0.543. The number of hydrogen-bond donors (Lipinski definition) is 3. The lowest BCUT2D eigenvalue weighted by atomic mass is 9.96. The molecule has 0 radical (unpaired) electrons. The Morgan fingerprint density at radius 3 is 2.63 bits per heavy atom. The highest BCUT2D eigenvalue weighted by Crippen LogP contribution is 2.35. The summed E-state index contributed by atoms with van der Waals surface area (Å²) in [5.41, 5.74) is 8.56. The van der Waals surface area contributed by atoms with Gasteiger partial charge < -0.3 is 20.5 Å². The van der Waals surface area contributed by atoms with Gasteiger partial charge in [-0.3, -0.25) is 9.89 Å². The van der Waals surface area contributed by atoms with Gasteiger partial charge in [-0.1, -0.05) is 36.1 Å². The van der Waals surface area contributed by atoms with Gasteiger partial charge in [-0.25, -0.2) is 0 Å². The largest absolute Gasteiger partial charge is 0.872 e. The second-order valence-electron chi connectivity index (χ2n) is 7.71. The number of aromatic amines is 1. The van der Waals surface area contributed by atoms with E-state index in [0.717, 1.165) is 43.6 Å². The Kier molecular flexibility index (Phi) is 5.99. The third-order valence-corrected chi connectivity index (χ3v) is 5.77. The van der Waals surface area contributed by atoms with Crippen LogP contribution in [0.15, 0.2) is 54.7 Å². The minimum absolute atomic E-state index is 0.00786. The SMILES string of the molecule is NC(=O)C1CC[NH+](CCOc2ccc(-c3[nH]ncc3-c3ccccc3)c([O-])c2)CC1. The number of quaternary nitrogens is 1. The molecule has 0 aliphatic carbocycles. The number of hydrogen-bond acceptors (Lipinski definition) is 4. The van der Waals surface area contributed by atoms with Crippen molar-refractivity contribution in [3.8, 4) is 33.9 Å². The van der Waals surface area contributed by atoms with Crippen molar-refractivity contribution in [1.82, 2.24) is 10.2 Å². The number of nitrogens with one attached hydrogen (secondary N) is 2. The van der Waals surface area contributed by atoms with Gasteiger partial charge in [0.05, 0.1) is 25.0 Å². The van der Waals surface area contributed by atoms with Crippen LogP contribution < -0.4 is 20.5 Å². The zero-order chi connectivity index (χ0) is 20.9. The van der Waals surface area contributed by atoms with Crippen LogP contribution in [0.4, 0.5) is 0 Å². The summed E-state index contributed by atoms with van der Waals surface area (Å²) in [7, 11) is 0. The monoisotopic (exact) mass is 406 g/mol. The zero-order valence-electron chi connectivity index (χ0n) is 16.8. The first-order valence-corrected chi connectivity index (χ1v) is 10.3. The maximum Gasteiger partial charge on any atom is 0.220 e. The van der Waals surface area contributed by atoms with Gasteiger partial charge in [0, 0.05) is 24.3 Å². The lowest BCUT2D eigenvalue weighted by molar-refractivity contribution is -0.905. The fourth-order valence-electron chi connectivity index (χ4n) is 4.00. The molecule has 1 saturated heterocycles. The molecule has 1 fully saturated rings. The summed E-state index contributed by atoms with van der Waals surface area (Å²) in [6, 6.07) is 15.0. The molecule has 1 aliphatic rings. The van der Waals surface area contributed by atoms with Crippen LogP contribution in [0.2, 0.25) is 0 Å². The molecule has 30 heavy (non-hydrogen) atoms. The van der Waals surface area contributed by atoms with Crippen molar-refractivity contribution >= 4 is 5.91 Å². The fraction of sp³-hybridized carbons (Fsp3) is 0.304. The van der Waals surface area contributed by atoms with E-state index in [2.05, 4.69) is 10.2 Å². The van der Waals surface area contributed by atoms with Crippen molar-refractivity contribution in [3.63, 3.8) is 0 Å². The molecule has 1 aliphatic heterocycles. The number of rotatable bonds is 7. The minimum atomic E-state index is -0.193. The third kappa shape index (κ3) is 4.46. The number of amides is 1. The van der Waals surface area contributed by atoms with Gasteiger partial charge in [-0.2, -0.15) is 5.10 Å². The average Bonchev–Trinajstić information content (AvgIpc) is 3.24. The predicted octanol–water partition coefficient (Wildman–Crippen LogP) is 0.976. The standard InChI is InChI=1S/C23H26N4O3/c24-23(29)17-8-10-27(11-9-17)12-13-30-18-6-7-19(21(28)14-18)22-20(15-25-26-22)16-4-2-1-3-5-16/h1-7,14-15,17,28H,8-13H2,(H2,24,29)(H,25,26). The number of nitrogens with two attached hydrogens (primary N) is 1. The number of carbonyl (C=O) groups is 1. The normalized spacial score (nSPS) is 18.8. The van der Waals surface area contributed by atoms with E-state index in [1.807, 2.05) is 36.4 Å². The number of benzene rings is 2. The number of nitrogens with zero attached hydrogens (tertiary/aromatic N) is 1. The Balaban J connectivity index is 1.37. The summed E-state index contributed by atoms with van der Waals surface area (Å²) in [5, 5.41) is 19.8. The summed E-state index contributed by atoms with van der Waals surface area (Å²) in [6.07, 6.45) is 3.40. The second kappa shape index (κ2) is 9.00. The van der Waals surface area contributed by atoms with Crippen molar-refractivity contribution in [2.45, 2.75) is 12.8 Å². The highest BCUT2D eigenvalue weighted by Gasteiger charge is 2.25. The number of piperidine rings is 1. The molecule has 1 amide bonds. The first kappa shape index (κ1) is 20.0. The van der Waals surface area contributed by atoms with E-state index >= 15 is 0 Å². The first-order valence-electron chi connectivity index (χ1n) is 10.3. The van der Waals surface area contributed by atoms with Crippen LogP contribution in [-0.4, -0.2) is 42.3 Å². The Bertz CT molecular complexity index is 995. The van der Waals surface area contributed by atoms with E-state index in [1.54, 1.807) is 12.3 Å². The Morgan fingerprint density at radius 2 is 1.93 bits per heavy atom. The summed E-state index contributed by atoms with van der Waals surface area (Å²) in [5.74, 6) is 0.272. The van der Waals surface area contributed by atoms with Crippen molar-refractivity contribution in [3.05, 3.63) is 54.7 Å². The molecule has 3 aromatic rings. The predicted molar refractivity (Wildman–Crippen MR) is 112 cm³/mol. The van der Waals surface area contributed by atoms with E-state index in [-0.39, 0.29) is 17.6 Å². The molecule has 156 valence electrons. The lowest BCUT2D eigenvalue weighted by Crippen LogP contribution is -3.13. The summed E-state index contributed by atoms with van der Waals surface area (Å²) in [6.45, 7) is 3.20. The molecule has 0 bridgehead atoms. The highest BCUT2D eigenvalue weighted by atomic mass is 16.5. The molecule has 4 N–H and O–H groups in total. The molecule has 7 heteroatoms. The van der Waals surface area contributed by atoms with Crippen LogP contribution in [0.5, 0.6) is 11.5 Å². The number of carbonyl (C=O) groups excluding carboxylic acids is 1. The summed E-state index contributed by atoms with van der Waals surface area (Å²) < 4.78 is 5.81. The lowest BCUT2D eigenvalue weighted by Gasteiger charge is -2.27. The Morgan fingerprint density at radius 1 is 1.17 bits per heavy atom. The van der Waals surface area contributed by atoms with E-state index in [4.69, 9.17) is 10.5 Å². The van der Waals surface area contributed by atoms with Crippen LogP contribution >= 0.6 is 0 Å². The highest BCUT2D eigenvalue weighted by molar-refractivity contribution is 5.83. The van der Waals surface area contributed by atoms with E-state index < -0.39 is 0 Å². The molecule has 2 heterocycles. The van der Waals surface area contributed by atoms with Gasteiger partial charge in [-0.05, 0) is 29.3 Å². The number of H-pyrrole nitrogens is 1. The van der Waals surface area contributed by atoms with E-state index in [9.17, 15) is 9.90 Å². The molecule has 2 aromatic carbocycles. The second-order valence-corrected chi connectivity index (χ2v) is 7.71. The van der Waals surface area contributed by atoms with Crippen LogP contribution in [-0.2, 0) is 4.79 Å². The van der Waals surface area contributed by atoms with Crippen molar-refractivity contribution in [1.29, 1.82) is 0 Å². The average molecular weight is 406 g/mol. The van der Waals surface area contributed by atoms with Crippen LogP contribution in [0.3, 0.4) is 0 Å². The number of ether oxygens (including phenoxy) is 1. The van der Waals surface area contributed by atoms with Crippen molar-refractivity contribution < 1.29 is 19.5 Å². The molecular weight excluding hydrogens is 380 g/mol. The molecule has 7 nitrogen and oxygen atoms in total. The van der Waals surface area contributed by atoms with Gasteiger partial charge in [0.1, 0.15) is 18.9 Å². The zero-order valence-corrected chi connectivity index (χ0v) is 16.8. The third-order valence-electron chi connectivity index (χ3n) is 5.77. The molecule has 0 atom stereocenters. The van der Waals surface area contributed by atoms with Gasteiger partial charge in [0.15, 0.2) is 0 Å². The molecule has 4 rings (SSSR count). The van der Waals surface area contributed by atoms with Crippen LogP contribution in [0.25, 0.3) is 22.4 Å². The van der Waals surface area contributed by atoms with Crippen molar-refractivity contribution in [2.24, 2.45) is 11.7 Å². The maximum absolute atomic E-state index is 12.7. The molecule has 0 spiro atoms. The van der Waals surface area contributed by atoms with Crippen molar-refractivity contribution in [2.75, 3.05) is 26.2 Å². The minimum Gasteiger partial charge on any atom is -0.872 e. The van der Waals surface area contributed by atoms with Gasteiger partial charge in [0.2, 0.25) is 5.91 Å². The van der Waals surface area contributed by atoms with Gasteiger partial charge in [0.25, 0.3) is 0 Å². The number of likely N-dealkylation sites (tertiary alicyclic amines) is 1. The van der Waals surface area contributed by atoms with Crippen LogP contribution in [0.1, 0.15) is 12.8 Å². The number of aromatic nitrogens is 2. The van der Waals surface area contributed by atoms with E-state index in [1.165, 1.54) is 11.0 Å². The van der Waals surface area contributed by atoms with Gasteiger partial charge >= 0.3 is 0 Å². The molecule has 0 saturated carbocycles. The van der Waals surface area contributed by atoms with Crippen LogP contribution in [0, 0.1) is 5.92 Å². The first-order chi connectivity index (χ1) is 14.6. The Hall–Kier alpha value is -3.32. The molecule has 1 aromatic heterocycles. The number of primary amides is 1. The van der Waals surface area contributed by atoms with Gasteiger partial charge in [-0.15, -0.1) is 0 Å². The summed E-state index contributed by atoms with van der Waals surface area (Å²) in [4.78, 5) is 12.7. The fourth-order valence-corrected chi connectivity index (χ4v) is 4.00. The molecule has 0 unspecified atom stereocenters. The smallest absolute Gasteiger partial charge is 0.220 e. The van der Waals surface area contributed by atoms with E-state index in [0.29, 0.717) is 23.6 Å².